The van der Waals surface area contributed by atoms with Crippen molar-refractivity contribution in [2.75, 3.05) is 14.1 Å². The van der Waals surface area contributed by atoms with Gasteiger partial charge in [0, 0.05) is 11.1 Å². The highest BCUT2D eigenvalue weighted by Crippen LogP contribution is 2.44. The Morgan fingerprint density at radius 2 is 1.37 bits per heavy atom. The van der Waals surface area contributed by atoms with Crippen molar-refractivity contribution < 1.29 is 5.11 Å². The quantitative estimate of drug-likeness (QED) is 0.511. The van der Waals surface area contributed by atoms with E-state index in [9.17, 15) is 5.11 Å². The Labute approximate surface area is 180 Å². The van der Waals surface area contributed by atoms with Crippen molar-refractivity contribution in [2.45, 2.75) is 43.5 Å². The van der Waals surface area contributed by atoms with Crippen LogP contribution in [0.2, 0.25) is 0 Å². The first kappa shape index (κ1) is 20.8. The fourth-order valence-corrected chi connectivity index (χ4v) is 5.05. The molecule has 2 N–H and O–H groups in total. The molecule has 0 radical (unpaired) electrons. The highest BCUT2D eigenvalue weighted by molar-refractivity contribution is 5.67. The van der Waals surface area contributed by atoms with Gasteiger partial charge in [-0.2, -0.15) is 0 Å². The van der Waals surface area contributed by atoms with Crippen molar-refractivity contribution in [3.05, 3.63) is 96.1 Å². The maximum atomic E-state index is 11.4. The lowest BCUT2D eigenvalue weighted by Gasteiger charge is -2.45. The Kier molecular flexibility index (Phi) is 6.33. The van der Waals surface area contributed by atoms with Crippen LogP contribution >= 0.6 is 0 Å². The van der Waals surface area contributed by atoms with Gasteiger partial charge in [0.2, 0.25) is 0 Å². The average Bonchev–Trinajstić information content (AvgIpc) is 3.30. The van der Waals surface area contributed by atoms with E-state index < -0.39 is 6.23 Å². The number of nitrogens with one attached hydrogen (secondary N) is 1. The number of rotatable bonds is 7. The molecule has 0 aromatic heterocycles. The van der Waals surface area contributed by atoms with E-state index in [1.807, 2.05) is 36.4 Å². The topological polar surface area (TPSA) is 35.5 Å². The van der Waals surface area contributed by atoms with Gasteiger partial charge in [0.15, 0.2) is 0 Å². The summed E-state index contributed by atoms with van der Waals surface area (Å²) in [6.07, 6.45) is 3.93. The van der Waals surface area contributed by atoms with Crippen molar-refractivity contribution in [1.82, 2.24) is 10.2 Å². The number of aliphatic hydroxyl groups excluding tert-OH is 1. The molecule has 2 unspecified atom stereocenters. The molecule has 2 atom stereocenters. The number of likely N-dealkylation sites (N-methyl/N-ethyl adjacent to an activating group) is 1. The van der Waals surface area contributed by atoms with Crippen LogP contribution in [0.1, 0.15) is 49.1 Å². The number of benzene rings is 3. The van der Waals surface area contributed by atoms with Crippen molar-refractivity contribution in [3.63, 3.8) is 0 Å². The van der Waals surface area contributed by atoms with Crippen LogP contribution in [0.4, 0.5) is 0 Å². The number of hydrogen-bond donors (Lipinski definition) is 2. The smallest absolute Gasteiger partial charge is 0.132 e. The van der Waals surface area contributed by atoms with Crippen molar-refractivity contribution in [3.8, 4) is 11.1 Å². The lowest BCUT2D eigenvalue weighted by atomic mass is 9.82. The second-order valence-corrected chi connectivity index (χ2v) is 8.57. The van der Waals surface area contributed by atoms with Gasteiger partial charge in [-0.1, -0.05) is 97.8 Å². The summed E-state index contributed by atoms with van der Waals surface area (Å²) in [5.41, 5.74) is 4.31. The van der Waals surface area contributed by atoms with E-state index in [1.165, 1.54) is 18.4 Å². The highest BCUT2D eigenvalue weighted by Gasteiger charge is 2.44. The zero-order valence-corrected chi connectivity index (χ0v) is 18.0. The number of nitrogens with zero attached hydrogens (tertiary/aromatic N) is 1. The minimum Gasteiger partial charge on any atom is -0.374 e. The average molecular weight is 401 g/mol. The van der Waals surface area contributed by atoms with E-state index in [0.29, 0.717) is 0 Å². The molecule has 0 aliphatic heterocycles. The molecule has 0 spiro atoms. The molecule has 30 heavy (non-hydrogen) atoms. The molecule has 3 nitrogen and oxygen atoms in total. The van der Waals surface area contributed by atoms with Crippen LogP contribution in [0, 0.1) is 0 Å². The molecule has 1 saturated carbocycles. The van der Waals surface area contributed by atoms with Crippen molar-refractivity contribution >= 4 is 0 Å². The summed E-state index contributed by atoms with van der Waals surface area (Å²) in [5, 5.41) is 15.1. The van der Waals surface area contributed by atoms with E-state index in [-0.39, 0.29) is 11.6 Å². The van der Waals surface area contributed by atoms with Gasteiger partial charge in [-0.3, -0.25) is 5.32 Å². The zero-order valence-electron chi connectivity index (χ0n) is 18.0. The zero-order chi connectivity index (χ0) is 21.0. The first-order chi connectivity index (χ1) is 14.6. The minimum absolute atomic E-state index is 0.00990. The van der Waals surface area contributed by atoms with Crippen LogP contribution in [-0.2, 0) is 0 Å². The van der Waals surface area contributed by atoms with E-state index in [2.05, 4.69) is 72.8 Å². The van der Waals surface area contributed by atoms with Gasteiger partial charge in [-0.15, -0.1) is 0 Å². The molecular weight excluding hydrogens is 368 g/mol. The van der Waals surface area contributed by atoms with Gasteiger partial charge in [0.1, 0.15) is 6.23 Å². The summed E-state index contributed by atoms with van der Waals surface area (Å²) in [4.78, 5) is 2.36. The fourth-order valence-electron chi connectivity index (χ4n) is 5.05. The predicted molar refractivity (Wildman–Crippen MR) is 124 cm³/mol. The standard InChI is InChI=1S/C27H32N2O/c1-29(2)27(19-11-12-20-27)25(22-15-7-4-8-16-22)28-26(30)24-18-10-9-17-23(24)21-13-5-3-6-14-21/h3-10,13-18,25-26,28,30H,11-12,19-20H2,1-2H3. The third-order valence-corrected chi connectivity index (χ3v) is 6.70. The summed E-state index contributed by atoms with van der Waals surface area (Å²) < 4.78 is 0. The van der Waals surface area contributed by atoms with Gasteiger partial charge in [-0.05, 0) is 43.6 Å². The number of hydrogen-bond acceptors (Lipinski definition) is 3. The molecule has 156 valence electrons. The van der Waals surface area contributed by atoms with E-state index in [0.717, 1.165) is 29.5 Å². The van der Waals surface area contributed by atoms with Crippen molar-refractivity contribution in [2.24, 2.45) is 0 Å². The third kappa shape index (κ3) is 4.06. The van der Waals surface area contributed by atoms with Gasteiger partial charge >= 0.3 is 0 Å². The fraction of sp³-hybridized carbons (Fsp3) is 0.333. The minimum atomic E-state index is -0.760. The van der Waals surface area contributed by atoms with Crippen molar-refractivity contribution in [1.29, 1.82) is 0 Å². The molecule has 0 heterocycles. The van der Waals surface area contributed by atoms with Crippen LogP contribution in [0.25, 0.3) is 11.1 Å². The molecule has 1 aliphatic rings. The van der Waals surface area contributed by atoms with Gasteiger partial charge in [-0.25, -0.2) is 0 Å². The van der Waals surface area contributed by atoms with Crippen LogP contribution < -0.4 is 5.32 Å². The molecule has 1 fully saturated rings. The first-order valence-corrected chi connectivity index (χ1v) is 10.9. The van der Waals surface area contributed by atoms with Gasteiger partial charge in [0.05, 0.1) is 6.04 Å². The van der Waals surface area contributed by atoms with Crippen LogP contribution in [0.5, 0.6) is 0 Å². The van der Waals surface area contributed by atoms with Crippen LogP contribution in [0.15, 0.2) is 84.9 Å². The second-order valence-electron chi connectivity index (χ2n) is 8.57. The largest absolute Gasteiger partial charge is 0.374 e. The molecule has 3 aromatic rings. The summed E-state index contributed by atoms with van der Waals surface area (Å²) in [6.45, 7) is 0. The Morgan fingerprint density at radius 1 is 0.800 bits per heavy atom. The van der Waals surface area contributed by atoms with Crippen LogP contribution in [-0.4, -0.2) is 29.6 Å². The summed E-state index contributed by atoms with van der Waals surface area (Å²) in [6, 6.07) is 29.1. The lowest BCUT2D eigenvalue weighted by molar-refractivity contribution is 0.0491. The highest BCUT2D eigenvalue weighted by atomic mass is 16.3. The molecule has 1 aliphatic carbocycles. The van der Waals surface area contributed by atoms with E-state index >= 15 is 0 Å². The number of aliphatic hydroxyl groups is 1. The van der Waals surface area contributed by atoms with E-state index in [1.54, 1.807) is 0 Å². The summed E-state index contributed by atoms with van der Waals surface area (Å²) in [5.74, 6) is 0. The SMILES string of the molecule is CN(C)C1(C(NC(O)c2ccccc2-c2ccccc2)c2ccccc2)CCCC1. The normalized spacial score (nSPS) is 17.7. The molecule has 4 rings (SSSR count). The molecule has 3 heteroatoms. The second kappa shape index (κ2) is 9.13. The molecule has 0 saturated heterocycles. The summed E-state index contributed by atoms with van der Waals surface area (Å²) >= 11 is 0. The summed E-state index contributed by atoms with van der Waals surface area (Å²) in [7, 11) is 4.35. The maximum Gasteiger partial charge on any atom is 0.132 e. The maximum absolute atomic E-state index is 11.4. The molecular formula is C27H32N2O. The Morgan fingerprint density at radius 3 is 2.00 bits per heavy atom. The van der Waals surface area contributed by atoms with Gasteiger partial charge < -0.3 is 10.0 Å². The molecule has 3 aromatic carbocycles. The monoisotopic (exact) mass is 400 g/mol. The van der Waals surface area contributed by atoms with Gasteiger partial charge in [0.25, 0.3) is 0 Å². The predicted octanol–water partition coefficient (Wildman–Crippen LogP) is 5.55. The molecule has 0 bridgehead atoms. The molecule has 0 amide bonds. The Hall–Kier alpha value is -2.46. The van der Waals surface area contributed by atoms with E-state index in [4.69, 9.17) is 0 Å². The Bertz CT molecular complexity index is 933. The Balaban J connectivity index is 1.71. The third-order valence-electron chi connectivity index (χ3n) is 6.70. The first-order valence-electron chi connectivity index (χ1n) is 10.9. The lowest BCUT2D eigenvalue weighted by Crippen LogP contribution is -2.52. The van der Waals surface area contributed by atoms with Crippen LogP contribution in [0.3, 0.4) is 0 Å².